The number of para-hydroxylation sites is 2. The van der Waals surface area contributed by atoms with Crippen molar-refractivity contribution in [1.29, 1.82) is 0 Å². The van der Waals surface area contributed by atoms with Crippen LogP contribution in [0.2, 0.25) is 0 Å². The number of anilines is 1. The Morgan fingerprint density at radius 2 is 1.71 bits per heavy atom. The van der Waals surface area contributed by atoms with Gasteiger partial charge in [-0.25, -0.2) is 0 Å². The summed E-state index contributed by atoms with van der Waals surface area (Å²) in [4.78, 5) is 24.9. The van der Waals surface area contributed by atoms with E-state index in [1.165, 1.54) is 4.57 Å². The minimum atomic E-state index is -0.687. The first-order chi connectivity index (χ1) is 11.6. The summed E-state index contributed by atoms with van der Waals surface area (Å²) in [6.45, 7) is 6.23. The van der Waals surface area contributed by atoms with Gasteiger partial charge in [0.05, 0.1) is 18.9 Å². The maximum absolute atomic E-state index is 12.5. The molecule has 1 atom stereocenters. The molecule has 1 unspecified atom stereocenters. The van der Waals surface area contributed by atoms with E-state index in [9.17, 15) is 9.59 Å². The van der Waals surface area contributed by atoms with Crippen molar-refractivity contribution in [2.24, 2.45) is 0 Å². The summed E-state index contributed by atoms with van der Waals surface area (Å²) in [5.41, 5.74) is 0.241. The molecule has 2 aromatic rings. The van der Waals surface area contributed by atoms with E-state index < -0.39 is 6.04 Å². The first kappa shape index (κ1) is 17.6. The average Bonchev–Trinajstić information content (AvgIpc) is 2.58. The van der Waals surface area contributed by atoms with E-state index in [-0.39, 0.29) is 17.2 Å². The molecule has 128 valence electrons. The minimum absolute atomic E-state index is 0.231. The first-order valence-corrected chi connectivity index (χ1v) is 7.95. The maximum Gasteiger partial charge on any atom is 0.293 e. The topological polar surface area (TPSA) is 69.6 Å². The van der Waals surface area contributed by atoms with Gasteiger partial charge in [-0.3, -0.25) is 9.59 Å². The Hall–Kier alpha value is -2.76. The minimum Gasteiger partial charge on any atom is -0.492 e. The third kappa shape index (κ3) is 3.95. The maximum atomic E-state index is 12.5. The lowest BCUT2D eigenvalue weighted by atomic mass is 10.2. The van der Waals surface area contributed by atoms with Crippen LogP contribution in [-0.4, -0.2) is 23.7 Å². The second kappa shape index (κ2) is 8.19. The van der Waals surface area contributed by atoms with Gasteiger partial charge in [0, 0.05) is 6.20 Å². The van der Waals surface area contributed by atoms with Crippen LogP contribution >= 0.6 is 0 Å². The predicted octanol–water partition coefficient (Wildman–Crippen LogP) is 2.85. The summed E-state index contributed by atoms with van der Waals surface area (Å²) >= 11 is 0. The molecule has 6 nitrogen and oxygen atoms in total. The molecule has 1 aromatic heterocycles. The SMILES string of the molecule is CCOc1ccccc1NC(=O)C(C)n1cccc(OCC)c1=O. The molecule has 0 aliphatic carbocycles. The van der Waals surface area contributed by atoms with Crippen molar-refractivity contribution in [3.63, 3.8) is 0 Å². The number of hydrogen-bond acceptors (Lipinski definition) is 4. The van der Waals surface area contributed by atoms with Crippen molar-refractivity contribution in [2.45, 2.75) is 26.8 Å². The number of ether oxygens (including phenoxy) is 2. The second-order valence-corrected chi connectivity index (χ2v) is 5.11. The van der Waals surface area contributed by atoms with Gasteiger partial charge in [-0.05, 0) is 45.0 Å². The number of rotatable bonds is 7. The molecule has 1 N–H and O–H groups in total. The van der Waals surface area contributed by atoms with Crippen LogP contribution in [-0.2, 0) is 4.79 Å². The van der Waals surface area contributed by atoms with Crippen molar-refractivity contribution in [3.8, 4) is 11.5 Å². The summed E-state index contributed by atoms with van der Waals surface area (Å²) in [5, 5.41) is 2.81. The van der Waals surface area contributed by atoms with E-state index >= 15 is 0 Å². The van der Waals surface area contributed by atoms with E-state index in [1.54, 1.807) is 44.3 Å². The van der Waals surface area contributed by atoms with Gasteiger partial charge < -0.3 is 19.4 Å². The fourth-order valence-electron chi connectivity index (χ4n) is 2.27. The predicted molar refractivity (Wildman–Crippen MR) is 92.8 cm³/mol. The van der Waals surface area contributed by atoms with E-state index in [0.29, 0.717) is 24.7 Å². The van der Waals surface area contributed by atoms with Gasteiger partial charge in [0.25, 0.3) is 5.56 Å². The molecule has 6 heteroatoms. The molecule has 24 heavy (non-hydrogen) atoms. The van der Waals surface area contributed by atoms with Gasteiger partial charge in [0.2, 0.25) is 5.91 Å². The third-order valence-corrected chi connectivity index (χ3v) is 3.48. The molecule has 2 rings (SSSR count). The number of carbonyl (C=O) groups is 1. The number of hydrogen-bond donors (Lipinski definition) is 1. The zero-order chi connectivity index (χ0) is 17.5. The molecule has 0 fully saturated rings. The Bertz CT molecular complexity index is 755. The zero-order valence-corrected chi connectivity index (χ0v) is 14.1. The van der Waals surface area contributed by atoms with Crippen LogP contribution in [0.15, 0.2) is 47.4 Å². The average molecular weight is 330 g/mol. The van der Waals surface area contributed by atoms with Crippen LogP contribution in [0.3, 0.4) is 0 Å². The molecule has 0 aliphatic rings. The van der Waals surface area contributed by atoms with Crippen LogP contribution in [0.5, 0.6) is 11.5 Å². The largest absolute Gasteiger partial charge is 0.492 e. The molecule has 0 radical (unpaired) electrons. The Balaban J connectivity index is 2.22. The highest BCUT2D eigenvalue weighted by molar-refractivity contribution is 5.94. The van der Waals surface area contributed by atoms with E-state index in [2.05, 4.69) is 5.32 Å². The Labute approximate surface area is 141 Å². The fourth-order valence-corrected chi connectivity index (χ4v) is 2.27. The summed E-state index contributed by atoms with van der Waals surface area (Å²) < 4.78 is 12.1. The van der Waals surface area contributed by atoms with Gasteiger partial charge in [0.15, 0.2) is 5.75 Å². The zero-order valence-electron chi connectivity index (χ0n) is 14.1. The number of benzene rings is 1. The van der Waals surface area contributed by atoms with Gasteiger partial charge in [-0.2, -0.15) is 0 Å². The monoisotopic (exact) mass is 330 g/mol. The molecule has 1 amide bonds. The number of nitrogens with one attached hydrogen (secondary N) is 1. The van der Waals surface area contributed by atoms with Crippen LogP contribution in [0.1, 0.15) is 26.8 Å². The quantitative estimate of drug-likeness (QED) is 0.847. The van der Waals surface area contributed by atoms with E-state index in [4.69, 9.17) is 9.47 Å². The van der Waals surface area contributed by atoms with Gasteiger partial charge in [-0.1, -0.05) is 12.1 Å². The van der Waals surface area contributed by atoms with Crippen molar-refractivity contribution >= 4 is 11.6 Å². The molecule has 0 bridgehead atoms. The standard InChI is InChI=1S/C18H22N2O4/c1-4-23-15-10-7-6-9-14(15)19-17(21)13(3)20-12-8-11-16(18(20)22)24-5-2/h6-13H,4-5H2,1-3H3,(H,19,21). The lowest BCUT2D eigenvalue weighted by Crippen LogP contribution is -2.31. The lowest BCUT2D eigenvalue weighted by Gasteiger charge is -2.17. The number of amides is 1. The Morgan fingerprint density at radius 1 is 1.08 bits per heavy atom. The summed E-state index contributed by atoms with van der Waals surface area (Å²) in [6, 6.07) is 9.78. The first-order valence-electron chi connectivity index (χ1n) is 7.95. The summed E-state index contributed by atoms with van der Waals surface area (Å²) in [7, 11) is 0. The molecular formula is C18H22N2O4. The highest BCUT2D eigenvalue weighted by Gasteiger charge is 2.19. The molecular weight excluding hydrogens is 308 g/mol. The number of aromatic nitrogens is 1. The smallest absolute Gasteiger partial charge is 0.293 e. The van der Waals surface area contributed by atoms with Crippen LogP contribution < -0.4 is 20.3 Å². The Kier molecular flexibility index (Phi) is 6.01. The van der Waals surface area contributed by atoms with E-state index in [0.717, 1.165) is 0 Å². The molecule has 0 spiro atoms. The van der Waals surface area contributed by atoms with Crippen LogP contribution in [0.25, 0.3) is 0 Å². The molecule has 0 saturated heterocycles. The molecule has 1 heterocycles. The summed E-state index contributed by atoms with van der Waals surface area (Å²) in [6.07, 6.45) is 1.57. The molecule has 1 aromatic carbocycles. The van der Waals surface area contributed by atoms with Crippen molar-refractivity contribution in [3.05, 3.63) is 52.9 Å². The number of nitrogens with zero attached hydrogens (tertiary/aromatic N) is 1. The Morgan fingerprint density at radius 3 is 2.42 bits per heavy atom. The van der Waals surface area contributed by atoms with Crippen molar-refractivity contribution in [2.75, 3.05) is 18.5 Å². The van der Waals surface area contributed by atoms with Crippen LogP contribution in [0.4, 0.5) is 5.69 Å². The number of pyridine rings is 1. The fraction of sp³-hybridized carbons (Fsp3) is 0.333. The van der Waals surface area contributed by atoms with Gasteiger partial charge >= 0.3 is 0 Å². The second-order valence-electron chi connectivity index (χ2n) is 5.11. The highest BCUT2D eigenvalue weighted by atomic mass is 16.5. The van der Waals surface area contributed by atoms with Crippen molar-refractivity contribution in [1.82, 2.24) is 4.57 Å². The third-order valence-electron chi connectivity index (χ3n) is 3.48. The molecule has 0 saturated carbocycles. The lowest BCUT2D eigenvalue weighted by molar-refractivity contribution is -0.118. The van der Waals surface area contributed by atoms with Crippen molar-refractivity contribution < 1.29 is 14.3 Å². The summed E-state index contributed by atoms with van der Waals surface area (Å²) in [5.74, 6) is 0.517. The van der Waals surface area contributed by atoms with Gasteiger partial charge in [0.1, 0.15) is 11.8 Å². The van der Waals surface area contributed by atoms with Crippen LogP contribution in [0, 0.1) is 0 Å². The van der Waals surface area contributed by atoms with E-state index in [1.807, 2.05) is 19.1 Å². The molecule has 0 aliphatic heterocycles. The van der Waals surface area contributed by atoms with Gasteiger partial charge in [-0.15, -0.1) is 0 Å². The number of carbonyl (C=O) groups excluding carboxylic acids is 1. The highest BCUT2D eigenvalue weighted by Crippen LogP contribution is 2.24. The normalized spacial score (nSPS) is 11.6.